The van der Waals surface area contributed by atoms with E-state index in [1.807, 2.05) is 0 Å². The molecule has 0 fully saturated rings. The van der Waals surface area contributed by atoms with Gasteiger partial charge in [0.15, 0.2) is 0 Å². The molecular formula is C14H11N3O5. The maximum absolute atomic E-state index is 11.9. The Hall–Kier alpha value is -3.29. The summed E-state index contributed by atoms with van der Waals surface area (Å²) in [6.07, 6.45) is -0.327. The first-order valence-electron chi connectivity index (χ1n) is 6.24. The van der Waals surface area contributed by atoms with Crippen molar-refractivity contribution >= 4 is 23.0 Å². The molecule has 0 heterocycles. The highest BCUT2D eigenvalue weighted by Gasteiger charge is 2.28. The van der Waals surface area contributed by atoms with Gasteiger partial charge in [-0.05, 0) is 12.1 Å². The normalized spacial score (nSPS) is 10.0. The largest absolute Gasteiger partial charge is 0.349 e. The predicted octanol–water partition coefficient (Wildman–Crippen LogP) is 2.68. The van der Waals surface area contributed by atoms with E-state index in [0.717, 1.165) is 6.07 Å². The van der Waals surface area contributed by atoms with Crippen LogP contribution in [0.4, 0.5) is 17.1 Å². The maximum Gasteiger partial charge on any atom is 0.349 e. The van der Waals surface area contributed by atoms with Gasteiger partial charge in [-0.15, -0.1) is 0 Å². The fourth-order valence-corrected chi connectivity index (χ4v) is 1.98. The molecule has 22 heavy (non-hydrogen) atoms. The number of hydrogen-bond donors (Lipinski definition) is 1. The van der Waals surface area contributed by atoms with Gasteiger partial charge in [-0.2, -0.15) is 0 Å². The van der Waals surface area contributed by atoms with Gasteiger partial charge in [0.2, 0.25) is 5.91 Å². The third-order valence-electron chi connectivity index (χ3n) is 2.89. The second-order valence-electron chi connectivity index (χ2n) is 4.39. The van der Waals surface area contributed by atoms with Gasteiger partial charge in [0.05, 0.1) is 16.3 Å². The van der Waals surface area contributed by atoms with Gasteiger partial charge >= 0.3 is 11.4 Å². The van der Waals surface area contributed by atoms with Crippen molar-refractivity contribution < 1.29 is 14.6 Å². The molecule has 0 aliphatic carbocycles. The number of hydrogen-bond acceptors (Lipinski definition) is 5. The number of nitrogens with zero attached hydrogens (tertiary/aromatic N) is 2. The first-order valence-corrected chi connectivity index (χ1v) is 6.24. The molecule has 2 aromatic rings. The van der Waals surface area contributed by atoms with Gasteiger partial charge < -0.3 is 5.32 Å². The molecule has 1 N–H and O–H groups in total. The van der Waals surface area contributed by atoms with E-state index in [0.29, 0.717) is 5.69 Å². The highest BCUT2D eigenvalue weighted by Crippen LogP contribution is 2.30. The van der Waals surface area contributed by atoms with E-state index in [1.54, 1.807) is 30.3 Å². The van der Waals surface area contributed by atoms with Crippen LogP contribution in [0, 0.1) is 20.2 Å². The Morgan fingerprint density at radius 1 is 0.955 bits per heavy atom. The number of amides is 1. The van der Waals surface area contributed by atoms with Crippen molar-refractivity contribution in [3.05, 3.63) is 74.3 Å². The minimum atomic E-state index is -0.844. The summed E-state index contributed by atoms with van der Waals surface area (Å²) in [6.45, 7) is 0. The topological polar surface area (TPSA) is 115 Å². The molecule has 0 unspecified atom stereocenters. The third kappa shape index (κ3) is 3.42. The molecule has 2 aromatic carbocycles. The predicted molar refractivity (Wildman–Crippen MR) is 78.5 cm³/mol. The van der Waals surface area contributed by atoms with Crippen molar-refractivity contribution in [3.8, 4) is 0 Å². The van der Waals surface area contributed by atoms with Crippen LogP contribution in [0.15, 0.2) is 48.5 Å². The Bertz CT molecular complexity index is 731. The van der Waals surface area contributed by atoms with E-state index < -0.39 is 27.1 Å². The van der Waals surface area contributed by atoms with Crippen molar-refractivity contribution in [2.45, 2.75) is 6.42 Å². The number of rotatable bonds is 5. The van der Waals surface area contributed by atoms with Crippen molar-refractivity contribution in [3.63, 3.8) is 0 Å². The minimum Gasteiger partial charge on any atom is -0.326 e. The smallest absolute Gasteiger partial charge is 0.326 e. The lowest BCUT2D eigenvalue weighted by molar-refractivity contribution is -0.422. The van der Waals surface area contributed by atoms with Crippen LogP contribution in [0.5, 0.6) is 0 Å². The number of carbonyl (C=O) groups is 1. The fourth-order valence-electron chi connectivity index (χ4n) is 1.98. The zero-order valence-electron chi connectivity index (χ0n) is 11.3. The summed E-state index contributed by atoms with van der Waals surface area (Å²) in [5.41, 5.74) is -0.751. The summed E-state index contributed by atoms with van der Waals surface area (Å²) in [4.78, 5) is 32.2. The lowest BCUT2D eigenvalue weighted by atomic mass is 10.1. The second kappa shape index (κ2) is 6.44. The quantitative estimate of drug-likeness (QED) is 0.673. The average Bonchev–Trinajstić information content (AvgIpc) is 2.47. The number of carbonyl (C=O) groups excluding carboxylic acids is 1. The molecule has 8 heteroatoms. The standard InChI is InChI=1S/C14H11N3O5/c18-13(15-11-6-2-1-3-7-11)9-10-5-4-8-12(16(19)20)14(10)17(21)22/h1-8H,9H2,(H,15,18). The number of nitrogens with one attached hydrogen (secondary N) is 1. The number of benzene rings is 2. The highest BCUT2D eigenvalue weighted by atomic mass is 16.6. The van der Waals surface area contributed by atoms with Crippen molar-refractivity contribution in [2.24, 2.45) is 0 Å². The molecule has 0 saturated heterocycles. The van der Waals surface area contributed by atoms with Crippen LogP contribution in [0.2, 0.25) is 0 Å². The number of nitro benzene ring substituents is 2. The first-order chi connectivity index (χ1) is 10.5. The Kier molecular flexibility index (Phi) is 4.42. The zero-order chi connectivity index (χ0) is 16.1. The fraction of sp³-hybridized carbons (Fsp3) is 0.0714. The molecule has 1 amide bonds. The van der Waals surface area contributed by atoms with Crippen molar-refractivity contribution in [1.29, 1.82) is 0 Å². The van der Waals surface area contributed by atoms with Gasteiger partial charge in [0.25, 0.3) is 0 Å². The molecule has 0 atom stereocenters. The number of anilines is 1. The maximum atomic E-state index is 11.9. The molecular weight excluding hydrogens is 290 g/mol. The van der Waals surface area contributed by atoms with Crippen LogP contribution in [0.25, 0.3) is 0 Å². The molecule has 2 rings (SSSR count). The van der Waals surface area contributed by atoms with E-state index in [-0.39, 0.29) is 12.0 Å². The molecule has 0 radical (unpaired) electrons. The van der Waals surface area contributed by atoms with Crippen LogP contribution >= 0.6 is 0 Å². The number of para-hydroxylation sites is 2. The van der Waals surface area contributed by atoms with Gasteiger partial charge in [-0.3, -0.25) is 25.0 Å². The van der Waals surface area contributed by atoms with Gasteiger partial charge in [-0.1, -0.05) is 30.3 Å². The van der Waals surface area contributed by atoms with Crippen LogP contribution in [-0.2, 0) is 11.2 Å². The Morgan fingerprint density at radius 3 is 2.23 bits per heavy atom. The van der Waals surface area contributed by atoms with Crippen LogP contribution < -0.4 is 5.32 Å². The van der Waals surface area contributed by atoms with Crippen LogP contribution in [-0.4, -0.2) is 15.8 Å². The highest BCUT2D eigenvalue weighted by molar-refractivity contribution is 5.93. The van der Waals surface area contributed by atoms with Crippen LogP contribution in [0.1, 0.15) is 5.56 Å². The molecule has 0 spiro atoms. The van der Waals surface area contributed by atoms with Crippen LogP contribution in [0.3, 0.4) is 0 Å². The monoisotopic (exact) mass is 301 g/mol. The molecule has 112 valence electrons. The molecule has 0 aromatic heterocycles. The third-order valence-corrected chi connectivity index (χ3v) is 2.89. The molecule has 8 nitrogen and oxygen atoms in total. The van der Waals surface area contributed by atoms with E-state index in [2.05, 4.69) is 5.32 Å². The average molecular weight is 301 g/mol. The summed E-state index contributed by atoms with van der Waals surface area (Å²) in [5.74, 6) is -0.491. The SMILES string of the molecule is O=C(Cc1cccc([N+](=O)[O-])c1[N+](=O)[O-])Nc1ccccc1. The Labute approximate surface area is 124 Å². The van der Waals surface area contributed by atoms with Gasteiger partial charge in [-0.25, -0.2) is 0 Å². The summed E-state index contributed by atoms with van der Waals surface area (Å²) in [5, 5.41) is 24.5. The van der Waals surface area contributed by atoms with E-state index >= 15 is 0 Å². The van der Waals surface area contributed by atoms with Gasteiger partial charge in [0.1, 0.15) is 0 Å². The van der Waals surface area contributed by atoms with Crippen molar-refractivity contribution in [2.75, 3.05) is 5.32 Å². The lowest BCUT2D eigenvalue weighted by Gasteiger charge is -2.05. The van der Waals surface area contributed by atoms with E-state index in [4.69, 9.17) is 0 Å². The molecule has 0 aliphatic rings. The minimum absolute atomic E-state index is 0.00682. The van der Waals surface area contributed by atoms with E-state index in [1.165, 1.54) is 12.1 Å². The summed E-state index contributed by atoms with van der Waals surface area (Å²) in [7, 11) is 0. The zero-order valence-corrected chi connectivity index (χ0v) is 11.3. The number of nitro groups is 2. The second-order valence-corrected chi connectivity index (χ2v) is 4.39. The lowest BCUT2D eigenvalue weighted by Crippen LogP contribution is -2.15. The summed E-state index contributed by atoms with van der Waals surface area (Å²) < 4.78 is 0. The summed E-state index contributed by atoms with van der Waals surface area (Å²) >= 11 is 0. The first kappa shape index (κ1) is 15.1. The van der Waals surface area contributed by atoms with E-state index in [9.17, 15) is 25.0 Å². The molecule has 0 saturated carbocycles. The van der Waals surface area contributed by atoms with Gasteiger partial charge in [0, 0.05) is 17.3 Å². The molecule has 0 aliphatic heterocycles. The molecule has 0 bridgehead atoms. The van der Waals surface area contributed by atoms with Crippen molar-refractivity contribution in [1.82, 2.24) is 0 Å². The summed E-state index contributed by atoms with van der Waals surface area (Å²) in [6, 6.07) is 12.3. The Morgan fingerprint density at radius 2 is 1.64 bits per heavy atom. The Balaban J connectivity index is 2.26.